The summed E-state index contributed by atoms with van der Waals surface area (Å²) in [7, 11) is 2.17. The predicted octanol–water partition coefficient (Wildman–Crippen LogP) is 1.25. The van der Waals surface area contributed by atoms with Crippen LogP contribution in [-0.4, -0.2) is 48.0 Å². The van der Waals surface area contributed by atoms with Crippen LogP contribution in [0.1, 0.15) is 12.5 Å². The zero-order valence-electron chi connectivity index (χ0n) is 12.6. The van der Waals surface area contributed by atoms with Gasteiger partial charge in [0.15, 0.2) is 0 Å². The third-order valence-corrected chi connectivity index (χ3v) is 4.90. The molecule has 0 unspecified atom stereocenters. The minimum atomic E-state index is -3.30. The van der Waals surface area contributed by atoms with Crippen molar-refractivity contribution in [1.82, 2.24) is 4.72 Å². The van der Waals surface area contributed by atoms with E-state index in [-0.39, 0.29) is 6.61 Å². The molecule has 20 heavy (non-hydrogen) atoms. The minimum absolute atomic E-state index is 0.201. The van der Waals surface area contributed by atoms with Gasteiger partial charge in [0.25, 0.3) is 0 Å². The zero-order valence-corrected chi connectivity index (χ0v) is 13.4. The molecule has 5 nitrogen and oxygen atoms in total. The lowest BCUT2D eigenvalue weighted by Gasteiger charge is -2.14. The molecule has 0 aliphatic rings. The smallest absolute Gasteiger partial charge is 0.216 e. The number of rotatable bonds is 8. The van der Waals surface area contributed by atoms with E-state index in [0.29, 0.717) is 13.0 Å². The number of hydrogen-bond acceptors (Lipinski definition) is 4. The highest BCUT2D eigenvalue weighted by Gasteiger charge is 2.19. The normalized spacial score (nSPS) is 13.2. The molecule has 0 aliphatic heterocycles. The van der Waals surface area contributed by atoms with Crippen LogP contribution in [0.25, 0.3) is 0 Å². The molecular formula is C14H24N2O3S. The van der Waals surface area contributed by atoms with Gasteiger partial charge in [-0.15, -0.1) is 0 Å². The van der Waals surface area contributed by atoms with Gasteiger partial charge in [-0.1, -0.05) is 12.1 Å². The van der Waals surface area contributed by atoms with E-state index in [4.69, 9.17) is 4.74 Å². The first-order valence-electron chi connectivity index (χ1n) is 6.60. The van der Waals surface area contributed by atoms with Gasteiger partial charge in [0, 0.05) is 33.4 Å². The molecule has 0 aliphatic carbocycles. The lowest BCUT2D eigenvalue weighted by Crippen LogP contribution is -2.36. The van der Waals surface area contributed by atoms with Crippen molar-refractivity contribution in [3.05, 3.63) is 29.8 Å². The Kier molecular flexibility index (Phi) is 6.45. The number of ether oxygens (including phenoxy) is 1. The van der Waals surface area contributed by atoms with Gasteiger partial charge in [-0.2, -0.15) is 0 Å². The van der Waals surface area contributed by atoms with Crippen molar-refractivity contribution in [2.24, 2.45) is 0 Å². The van der Waals surface area contributed by atoms with Crippen molar-refractivity contribution in [1.29, 1.82) is 0 Å². The van der Waals surface area contributed by atoms with E-state index in [1.807, 2.05) is 43.3 Å². The molecule has 1 aromatic rings. The highest BCUT2D eigenvalue weighted by Crippen LogP contribution is 2.12. The Bertz CT molecular complexity index is 498. The van der Waals surface area contributed by atoms with Crippen LogP contribution < -0.4 is 9.62 Å². The van der Waals surface area contributed by atoms with Crippen molar-refractivity contribution in [3.8, 4) is 0 Å². The van der Waals surface area contributed by atoms with Crippen molar-refractivity contribution >= 4 is 15.7 Å². The van der Waals surface area contributed by atoms with Crippen LogP contribution >= 0.6 is 0 Å². The van der Waals surface area contributed by atoms with E-state index >= 15 is 0 Å². The number of sulfonamides is 1. The van der Waals surface area contributed by atoms with Crippen LogP contribution in [0.5, 0.6) is 0 Å². The van der Waals surface area contributed by atoms with E-state index < -0.39 is 15.3 Å². The fourth-order valence-corrected chi connectivity index (χ4v) is 2.75. The molecule has 0 bridgehead atoms. The maximum absolute atomic E-state index is 11.9. The van der Waals surface area contributed by atoms with E-state index in [1.54, 1.807) is 6.92 Å². The summed E-state index contributed by atoms with van der Waals surface area (Å²) in [5, 5.41) is -0.538. The molecule has 1 atom stereocenters. The summed E-state index contributed by atoms with van der Waals surface area (Å²) < 4.78 is 31.2. The van der Waals surface area contributed by atoms with Gasteiger partial charge in [-0.25, -0.2) is 13.1 Å². The highest BCUT2D eigenvalue weighted by molar-refractivity contribution is 7.90. The summed E-state index contributed by atoms with van der Waals surface area (Å²) >= 11 is 0. The minimum Gasteiger partial charge on any atom is -0.383 e. The van der Waals surface area contributed by atoms with Gasteiger partial charge in [0.1, 0.15) is 0 Å². The van der Waals surface area contributed by atoms with Crippen LogP contribution in [0.3, 0.4) is 0 Å². The van der Waals surface area contributed by atoms with Gasteiger partial charge in [0.05, 0.1) is 11.9 Å². The second kappa shape index (κ2) is 7.61. The molecule has 6 heteroatoms. The Hall–Kier alpha value is -1.11. The third-order valence-electron chi connectivity index (χ3n) is 3.10. The van der Waals surface area contributed by atoms with Gasteiger partial charge < -0.3 is 9.64 Å². The molecule has 0 fully saturated rings. The lowest BCUT2D eigenvalue weighted by atomic mass is 10.1. The third kappa shape index (κ3) is 5.11. The maximum atomic E-state index is 11.9. The SMILES string of the molecule is COC[C@@H](C)S(=O)(=O)NCCc1ccc(N(C)C)cc1. The number of nitrogens with one attached hydrogen (secondary N) is 1. The summed E-state index contributed by atoms with van der Waals surface area (Å²) in [5.74, 6) is 0. The largest absolute Gasteiger partial charge is 0.383 e. The first-order chi connectivity index (χ1) is 9.36. The van der Waals surface area contributed by atoms with Crippen molar-refractivity contribution in [3.63, 3.8) is 0 Å². The summed E-state index contributed by atoms with van der Waals surface area (Å²) in [5.41, 5.74) is 2.24. The Morgan fingerprint density at radius 1 is 1.25 bits per heavy atom. The molecule has 1 rings (SSSR count). The standard InChI is InChI=1S/C14H24N2O3S/c1-12(11-19-4)20(17,18)15-10-9-13-5-7-14(8-6-13)16(2)3/h5-8,12,15H,9-11H2,1-4H3/t12-/m1/s1. The number of nitrogens with zero attached hydrogens (tertiary/aromatic N) is 1. The van der Waals surface area contributed by atoms with Gasteiger partial charge in [-0.3, -0.25) is 0 Å². The monoisotopic (exact) mass is 300 g/mol. The van der Waals surface area contributed by atoms with Crippen LogP contribution in [0.2, 0.25) is 0 Å². The Labute approximate surface area is 122 Å². The van der Waals surface area contributed by atoms with E-state index in [9.17, 15) is 8.42 Å². The second-order valence-electron chi connectivity index (χ2n) is 5.02. The summed E-state index contributed by atoms with van der Waals surface area (Å²) in [4.78, 5) is 2.03. The Morgan fingerprint density at radius 3 is 2.35 bits per heavy atom. The number of benzene rings is 1. The molecule has 0 aromatic heterocycles. The van der Waals surface area contributed by atoms with E-state index in [2.05, 4.69) is 4.72 Å². The summed E-state index contributed by atoms with van der Waals surface area (Å²) in [6.07, 6.45) is 0.673. The zero-order chi connectivity index (χ0) is 15.2. The summed E-state index contributed by atoms with van der Waals surface area (Å²) in [6.45, 7) is 2.24. The predicted molar refractivity (Wildman–Crippen MR) is 82.7 cm³/mol. The van der Waals surface area contributed by atoms with Gasteiger partial charge in [0.2, 0.25) is 10.0 Å². The highest BCUT2D eigenvalue weighted by atomic mass is 32.2. The van der Waals surface area contributed by atoms with Crippen LogP contribution in [0.4, 0.5) is 5.69 Å². The molecule has 0 spiro atoms. The van der Waals surface area contributed by atoms with Crippen molar-refractivity contribution in [2.45, 2.75) is 18.6 Å². The molecule has 0 amide bonds. The van der Waals surface area contributed by atoms with Crippen LogP contribution in [0.15, 0.2) is 24.3 Å². The molecule has 0 heterocycles. The Balaban J connectivity index is 2.48. The topological polar surface area (TPSA) is 58.6 Å². The molecule has 0 saturated carbocycles. The first-order valence-corrected chi connectivity index (χ1v) is 8.15. The number of hydrogen-bond donors (Lipinski definition) is 1. The van der Waals surface area contributed by atoms with Crippen molar-refractivity contribution in [2.75, 3.05) is 39.3 Å². The number of methoxy groups -OCH3 is 1. The lowest BCUT2D eigenvalue weighted by molar-refractivity contribution is 0.200. The number of anilines is 1. The van der Waals surface area contributed by atoms with E-state index in [1.165, 1.54) is 7.11 Å². The van der Waals surface area contributed by atoms with Crippen LogP contribution in [0, 0.1) is 0 Å². The quantitative estimate of drug-likeness (QED) is 0.785. The second-order valence-corrected chi connectivity index (χ2v) is 7.20. The van der Waals surface area contributed by atoms with Crippen LogP contribution in [-0.2, 0) is 21.2 Å². The molecule has 114 valence electrons. The fraction of sp³-hybridized carbons (Fsp3) is 0.571. The summed E-state index contributed by atoms with van der Waals surface area (Å²) in [6, 6.07) is 8.08. The molecular weight excluding hydrogens is 276 g/mol. The molecule has 1 aromatic carbocycles. The Morgan fingerprint density at radius 2 is 1.85 bits per heavy atom. The first kappa shape index (κ1) is 16.9. The van der Waals surface area contributed by atoms with E-state index in [0.717, 1.165) is 11.3 Å². The van der Waals surface area contributed by atoms with Gasteiger partial charge >= 0.3 is 0 Å². The van der Waals surface area contributed by atoms with Gasteiger partial charge in [-0.05, 0) is 31.0 Å². The average molecular weight is 300 g/mol. The maximum Gasteiger partial charge on any atom is 0.216 e. The van der Waals surface area contributed by atoms with Crippen molar-refractivity contribution < 1.29 is 13.2 Å². The molecule has 0 saturated heterocycles. The molecule has 1 N–H and O–H groups in total. The fourth-order valence-electron chi connectivity index (χ4n) is 1.76. The average Bonchev–Trinajstić information content (AvgIpc) is 2.39. The molecule has 0 radical (unpaired) electrons.